The highest BCUT2D eigenvalue weighted by atomic mass is 15.0. The van der Waals surface area contributed by atoms with Gasteiger partial charge in [0, 0.05) is 37.4 Å². The van der Waals surface area contributed by atoms with Gasteiger partial charge in [0.1, 0.15) is 0 Å². The number of aryl methyl sites for hydroxylation is 1. The van der Waals surface area contributed by atoms with Crippen molar-refractivity contribution < 1.29 is 0 Å². The minimum Gasteiger partial charge on any atom is -0.349 e. The van der Waals surface area contributed by atoms with Crippen molar-refractivity contribution >= 4 is 0 Å². The zero-order valence-corrected chi connectivity index (χ0v) is 12.2. The molecule has 0 amide bonds. The topological polar surface area (TPSA) is 29.9 Å². The van der Waals surface area contributed by atoms with Crippen LogP contribution in [-0.4, -0.2) is 16.1 Å². The summed E-state index contributed by atoms with van der Waals surface area (Å²) >= 11 is 0. The average molecular weight is 269 g/mol. The largest absolute Gasteiger partial charge is 0.349 e. The lowest BCUT2D eigenvalue weighted by atomic mass is 9.91. The van der Waals surface area contributed by atoms with Crippen molar-refractivity contribution in [1.29, 1.82) is 0 Å². The van der Waals surface area contributed by atoms with Crippen LogP contribution in [0, 0.1) is 0 Å². The molecule has 0 saturated heterocycles. The molecule has 0 spiro atoms. The average Bonchev–Trinajstić information content (AvgIpc) is 2.89. The summed E-state index contributed by atoms with van der Waals surface area (Å²) in [4.78, 5) is 4.08. The Morgan fingerprint density at radius 1 is 1.30 bits per heavy atom. The fourth-order valence-corrected chi connectivity index (χ4v) is 3.07. The van der Waals surface area contributed by atoms with E-state index in [-0.39, 0.29) is 0 Å². The Labute approximate surface area is 121 Å². The van der Waals surface area contributed by atoms with Crippen LogP contribution in [0.15, 0.2) is 36.9 Å². The highest BCUT2D eigenvalue weighted by Gasteiger charge is 2.21. The molecule has 2 heterocycles. The highest BCUT2D eigenvalue weighted by molar-refractivity contribution is 5.31. The lowest BCUT2D eigenvalue weighted by Crippen LogP contribution is -2.24. The van der Waals surface area contributed by atoms with E-state index < -0.39 is 0 Å². The molecule has 106 valence electrons. The van der Waals surface area contributed by atoms with Gasteiger partial charge in [-0.15, -0.1) is 0 Å². The second kappa shape index (κ2) is 6.23. The molecule has 2 aromatic rings. The van der Waals surface area contributed by atoms with Gasteiger partial charge in [0.05, 0.1) is 0 Å². The first-order valence-corrected chi connectivity index (χ1v) is 7.67. The van der Waals surface area contributed by atoms with E-state index in [9.17, 15) is 0 Å². The summed E-state index contributed by atoms with van der Waals surface area (Å²) in [6.07, 6.45) is 13.4. The van der Waals surface area contributed by atoms with Crippen molar-refractivity contribution in [2.24, 2.45) is 0 Å². The summed E-state index contributed by atoms with van der Waals surface area (Å²) in [5.74, 6) is 0. The van der Waals surface area contributed by atoms with E-state index in [0.717, 1.165) is 13.1 Å². The normalized spacial score (nSPS) is 17.9. The van der Waals surface area contributed by atoms with Crippen molar-refractivity contribution in [2.75, 3.05) is 6.54 Å². The Kier molecular flexibility index (Phi) is 4.16. The van der Waals surface area contributed by atoms with E-state index in [2.05, 4.69) is 46.3 Å². The van der Waals surface area contributed by atoms with Crippen LogP contribution in [0.25, 0.3) is 0 Å². The van der Waals surface area contributed by atoms with Gasteiger partial charge >= 0.3 is 0 Å². The maximum atomic E-state index is 4.08. The van der Waals surface area contributed by atoms with Gasteiger partial charge in [-0.1, -0.05) is 6.92 Å². The molecule has 3 heteroatoms. The first kappa shape index (κ1) is 13.4. The van der Waals surface area contributed by atoms with Crippen LogP contribution in [0.1, 0.15) is 48.9 Å². The predicted molar refractivity (Wildman–Crippen MR) is 81.7 cm³/mol. The fraction of sp³-hybridized carbons (Fsp3) is 0.471. The third-order valence-corrected chi connectivity index (χ3v) is 4.07. The van der Waals surface area contributed by atoms with E-state index in [1.54, 1.807) is 0 Å². The molecule has 1 atom stereocenters. The van der Waals surface area contributed by atoms with Gasteiger partial charge in [0.2, 0.25) is 0 Å². The van der Waals surface area contributed by atoms with Crippen LogP contribution in [0.5, 0.6) is 0 Å². The van der Waals surface area contributed by atoms with Gasteiger partial charge in [-0.05, 0) is 61.1 Å². The minimum absolute atomic E-state index is 0.553. The quantitative estimate of drug-likeness (QED) is 0.902. The Morgan fingerprint density at radius 3 is 2.95 bits per heavy atom. The van der Waals surface area contributed by atoms with Crippen molar-refractivity contribution in [2.45, 2.75) is 45.2 Å². The van der Waals surface area contributed by atoms with E-state index in [1.807, 2.05) is 12.4 Å². The van der Waals surface area contributed by atoms with Gasteiger partial charge in [0.25, 0.3) is 0 Å². The molecule has 1 unspecified atom stereocenters. The highest BCUT2D eigenvalue weighted by Crippen LogP contribution is 2.30. The number of hydrogen-bond donors (Lipinski definition) is 1. The maximum absolute atomic E-state index is 4.08. The second-order valence-electron chi connectivity index (χ2n) is 5.67. The molecule has 3 nitrogen and oxygen atoms in total. The zero-order valence-electron chi connectivity index (χ0n) is 12.2. The van der Waals surface area contributed by atoms with Crippen molar-refractivity contribution in [3.8, 4) is 0 Å². The first-order valence-electron chi connectivity index (χ1n) is 7.67. The summed E-state index contributed by atoms with van der Waals surface area (Å²) in [6.45, 7) is 4.28. The molecule has 2 aromatic heterocycles. The van der Waals surface area contributed by atoms with Gasteiger partial charge in [-0.2, -0.15) is 0 Å². The minimum atomic E-state index is 0.553. The van der Waals surface area contributed by atoms with E-state index in [1.165, 1.54) is 42.4 Å². The molecule has 1 aliphatic carbocycles. The van der Waals surface area contributed by atoms with Gasteiger partial charge < -0.3 is 9.88 Å². The molecule has 1 N–H and O–H groups in total. The van der Waals surface area contributed by atoms with Crippen molar-refractivity contribution in [1.82, 2.24) is 14.9 Å². The Bertz CT molecular complexity index is 545. The molecular formula is C17H23N3. The summed E-state index contributed by atoms with van der Waals surface area (Å²) < 4.78 is 2.33. The predicted octanol–water partition coefficient (Wildman–Crippen LogP) is 3.31. The smallest absolute Gasteiger partial charge is 0.0471 e. The standard InChI is InChI=1S/C17H23N3/c1-2-8-19-17-5-3-4-15-12-20(13-16(15)17)11-14-6-9-18-10-7-14/h6-7,9-10,12-13,17,19H,2-5,8,11H2,1H3. The third kappa shape index (κ3) is 2.93. The molecule has 0 aromatic carbocycles. The van der Waals surface area contributed by atoms with Crippen molar-refractivity contribution in [3.05, 3.63) is 53.6 Å². The third-order valence-electron chi connectivity index (χ3n) is 4.07. The number of hydrogen-bond acceptors (Lipinski definition) is 2. The van der Waals surface area contributed by atoms with Crippen molar-refractivity contribution in [3.63, 3.8) is 0 Å². The SMILES string of the molecule is CCCNC1CCCc2cn(Cc3ccncc3)cc21. The van der Waals surface area contributed by atoms with Gasteiger partial charge in [0.15, 0.2) is 0 Å². The van der Waals surface area contributed by atoms with Crippen LogP contribution in [-0.2, 0) is 13.0 Å². The number of pyridine rings is 1. The Hall–Kier alpha value is -1.61. The van der Waals surface area contributed by atoms with Gasteiger partial charge in [-0.3, -0.25) is 4.98 Å². The number of nitrogens with zero attached hydrogens (tertiary/aromatic N) is 2. The molecule has 0 aliphatic heterocycles. The first-order chi connectivity index (χ1) is 9.86. The summed E-state index contributed by atoms with van der Waals surface area (Å²) in [7, 11) is 0. The Morgan fingerprint density at radius 2 is 2.15 bits per heavy atom. The molecule has 1 aliphatic rings. The molecule has 0 saturated carbocycles. The van der Waals surface area contributed by atoms with Crippen LogP contribution >= 0.6 is 0 Å². The number of fused-ring (bicyclic) bond motifs is 1. The van der Waals surface area contributed by atoms with E-state index in [0.29, 0.717) is 6.04 Å². The summed E-state index contributed by atoms with van der Waals surface area (Å²) in [5.41, 5.74) is 4.35. The fourth-order valence-electron chi connectivity index (χ4n) is 3.07. The summed E-state index contributed by atoms with van der Waals surface area (Å²) in [6, 6.07) is 4.73. The Balaban J connectivity index is 1.77. The maximum Gasteiger partial charge on any atom is 0.0471 e. The number of aromatic nitrogens is 2. The van der Waals surface area contributed by atoms with Crippen LogP contribution in [0.2, 0.25) is 0 Å². The lowest BCUT2D eigenvalue weighted by molar-refractivity contribution is 0.462. The zero-order chi connectivity index (χ0) is 13.8. The van der Waals surface area contributed by atoms with E-state index >= 15 is 0 Å². The number of rotatable bonds is 5. The van der Waals surface area contributed by atoms with Gasteiger partial charge in [-0.25, -0.2) is 0 Å². The summed E-state index contributed by atoms with van der Waals surface area (Å²) in [5, 5.41) is 3.68. The molecule has 20 heavy (non-hydrogen) atoms. The molecule has 0 bridgehead atoms. The monoisotopic (exact) mass is 269 g/mol. The lowest BCUT2D eigenvalue weighted by Gasteiger charge is -2.23. The van der Waals surface area contributed by atoms with E-state index in [4.69, 9.17) is 0 Å². The molecule has 0 radical (unpaired) electrons. The second-order valence-corrected chi connectivity index (χ2v) is 5.67. The van der Waals surface area contributed by atoms with Crippen LogP contribution in [0.3, 0.4) is 0 Å². The van der Waals surface area contributed by atoms with Crippen LogP contribution in [0.4, 0.5) is 0 Å². The molecule has 0 fully saturated rings. The molecular weight excluding hydrogens is 246 g/mol. The molecule has 3 rings (SSSR count). The van der Waals surface area contributed by atoms with Crippen LogP contribution < -0.4 is 5.32 Å². The number of nitrogens with one attached hydrogen (secondary N) is 1.